The summed E-state index contributed by atoms with van der Waals surface area (Å²) in [5.41, 5.74) is 0.293. The van der Waals surface area contributed by atoms with Crippen molar-refractivity contribution in [3.8, 4) is 0 Å². The molecule has 2 aliphatic rings. The standard InChI is InChI=1S/C14H17BrN2O3/c15-10-7-9(8-16-13(10)18)14(19)17-5-6-20-12-4-2-1-3-11(12)17/h7-8,11-12H,1-6H2,(H,16,18)/t11-,12-/m1/s1. The lowest BCUT2D eigenvalue weighted by molar-refractivity contribution is -0.0752. The Labute approximate surface area is 125 Å². The van der Waals surface area contributed by atoms with Crippen molar-refractivity contribution >= 4 is 21.8 Å². The van der Waals surface area contributed by atoms with Gasteiger partial charge in [0.05, 0.1) is 28.8 Å². The third kappa shape index (κ3) is 2.54. The van der Waals surface area contributed by atoms with Crippen molar-refractivity contribution in [2.24, 2.45) is 0 Å². The van der Waals surface area contributed by atoms with E-state index in [1.54, 1.807) is 6.07 Å². The number of carbonyl (C=O) groups excluding carboxylic acids is 1. The van der Waals surface area contributed by atoms with Gasteiger partial charge in [0, 0.05) is 12.7 Å². The second-order valence-electron chi connectivity index (χ2n) is 5.33. The smallest absolute Gasteiger partial charge is 0.262 e. The fourth-order valence-electron chi connectivity index (χ4n) is 3.09. The Hall–Kier alpha value is -1.14. The number of hydrogen-bond acceptors (Lipinski definition) is 3. The highest BCUT2D eigenvalue weighted by Gasteiger charge is 2.37. The van der Waals surface area contributed by atoms with Gasteiger partial charge in [0.25, 0.3) is 11.5 Å². The molecule has 1 aromatic rings. The van der Waals surface area contributed by atoms with Gasteiger partial charge >= 0.3 is 0 Å². The zero-order valence-corrected chi connectivity index (χ0v) is 12.7. The van der Waals surface area contributed by atoms with Gasteiger partial charge in [0.1, 0.15) is 0 Å². The minimum absolute atomic E-state index is 0.0258. The topological polar surface area (TPSA) is 62.4 Å². The molecule has 6 heteroatoms. The molecule has 20 heavy (non-hydrogen) atoms. The number of rotatable bonds is 1. The van der Waals surface area contributed by atoms with E-state index in [1.165, 1.54) is 12.6 Å². The van der Waals surface area contributed by atoms with Crippen LogP contribution in [0.2, 0.25) is 0 Å². The van der Waals surface area contributed by atoms with Crippen molar-refractivity contribution in [2.75, 3.05) is 13.2 Å². The summed E-state index contributed by atoms with van der Waals surface area (Å²) >= 11 is 3.17. The maximum Gasteiger partial charge on any atom is 0.262 e. The summed E-state index contributed by atoms with van der Waals surface area (Å²) in [7, 11) is 0. The Morgan fingerprint density at radius 2 is 2.20 bits per heavy atom. The van der Waals surface area contributed by atoms with Crippen molar-refractivity contribution in [1.82, 2.24) is 9.88 Å². The highest BCUT2D eigenvalue weighted by atomic mass is 79.9. The number of fused-ring (bicyclic) bond motifs is 1. The van der Waals surface area contributed by atoms with E-state index in [-0.39, 0.29) is 23.6 Å². The van der Waals surface area contributed by atoms with Crippen molar-refractivity contribution in [2.45, 2.75) is 37.8 Å². The van der Waals surface area contributed by atoms with E-state index in [0.717, 1.165) is 19.3 Å². The highest BCUT2D eigenvalue weighted by Crippen LogP contribution is 2.29. The summed E-state index contributed by atoms with van der Waals surface area (Å²) in [6.07, 6.45) is 6.01. The molecule has 0 bridgehead atoms. The SMILES string of the molecule is O=C(c1c[nH]c(=O)c(Br)c1)N1CCO[C@@H]2CCCC[C@H]21. The van der Waals surface area contributed by atoms with Crippen LogP contribution in [0.4, 0.5) is 0 Å². The van der Waals surface area contributed by atoms with Gasteiger partial charge in [-0.1, -0.05) is 12.8 Å². The highest BCUT2D eigenvalue weighted by molar-refractivity contribution is 9.10. The molecule has 1 N–H and O–H groups in total. The van der Waals surface area contributed by atoms with E-state index in [0.29, 0.717) is 23.2 Å². The molecule has 2 heterocycles. The quantitative estimate of drug-likeness (QED) is 0.849. The van der Waals surface area contributed by atoms with Crippen LogP contribution in [-0.2, 0) is 4.74 Å². The molecule has 108 valence electrons. The molecule has 1 saturated heterocycles. The molecule has 0 spiro atoms. The summed E-state index contributed by atoms with van der Waals surface area (Å²) in [4.78, 5) is 28.5. The van der Waals surface area contributed by atoms with Crippen LogP contribution in [0.5, 0.6) is 0 Å². The first-order valence-corrected chi connectivity index (χ1v) is 7.77. The molecular weight excluding hydrogens is 324 g/mol. The molecule has 3 rings (SSSR count). The minimum atomic E-state index is -0.223. The predicted molar refractivity (Wildman–Crippen MR) is 77.8 cm³/mol. The predicted octanol–water partition coefficient (Wildman–Crippen LogP) is 1.92. The van der Waals surface area contributed by atoms with Crippen LogP contribution in [0, 0.1) is 0 Å². The van der Waals surface area contributed by atoms with Crippen LogP contribution < -0.4 is 5.56 Å². The number of aromatic amines is 1. The number of hydrogen-bond donors (Lipinski definition) is 1. The molecule has 1 aromatic heterocycles. The number of halogens is 1. The molecule has 2 fully saturated rings. The van der Waals surface area contributed by atoms with Crippen molar-refractivity contribution in [1.29, 1.82) is 0 Å². The lowest BCUT2D eigenvalue weighted by Crippen LogP contribution is -2.54. The zero-order chi connectivity index (χ0) is 14.1. The average molecular weight is 341 g/mol. The van der Waals surface area contributed by atoms with Gasteiger partial charge in [-0.15, -0.1) is 0 Å². The summed E-state index contributed by atoms with van der Waals surface area (Å²) in [6.45, 7) is 1.22. The van der Waals surface area contributed by atoms with E-state index >= 15 is 0 Å². The summed E-state index contributed by atoms with van der Waals surface area (Å²) < 4.78 is 6.17. The van der Waals surface area contributed by atoms with Crippen LogP contribution in [0.25, 0.3) is 0 Å². The normalized spacial score (nSPS) is 26.1. The number of H-pyrrole nitrogens is 1. The van der Waals surface area contributed by atoms with Crippen LogP contribution in [-0.4, -0.2) is 41.1 Å². The van der Waals surface area contributed by atoms with Gasteiger partial charge in [0.2, 0.25) is 0 Å². The van der Waals surface area contributed by atoms with Crippen molar-refractivity contribution in [3.05, 3.63) is 32.7 Å². The second-order valence-corrected chi connectivity index (χ2v) is 6.18. The average Bonchev–Trinajstić information content (AvgIpc) is 2.49. The number of morpholine rings is 1. The van der Waals surface area contributed by atoms with Gasteiger partial charge < -0.3 is 14.6 Å². The molecule has 1 aliphatic heterocycles. The van der Waals surface area contributed by atoms with Gasteiger partial charge in [-0.3, -0.25) is 9.59 Å². The molecule has 2 atom stereocenters. The molecular formula is C14H17BrN2O3. The summed E-state index contributed by atoms with van der Waals surface area (Å²) in [5, 5.41) is 0. The lowest BCUT2D eigenvalue weighted by atomic mass is 9.90. The minimum Gasteiger partial charge on any atom is -0.374 e. The fourth-order valence-corrected chi connectivity index (χ4v) is 3.45. The van der Waals surface area contributed by atoms with Crippen LogP contribution in [0.3, 0.4) is 0 Å². The molecule has 5 nitrogen and oxygen atoms in total. The first-order valence-electron chi connectivity index (χ1n) is 6.97. The Morgan fingerprint density at radius 3 is 3.00 bits per heavy atom. The van der Waals surface area contributed by atoms with Gasteiger partial charge in [-0.2, -0.15) is 0 Å². The van der Waals surface area contributed by atoms with E-state index in [1.807, 2.05) is 4.90 Å². The van der Waals surface area contributed by atoms with Crippen LogP contribution in [0.15, 0.2) is 21.5 Å². The fraction of sp³-hybridized carbons (Fsp3) is 0.571. The Kier molecular flexibility index (Phi) is 3.94. The van der Waals surface area contributed by atoms with E-state index in [4.69, 9.17) is 4.74 Å². The first-order chi connectivity index (χ1) is 9.66. The van der Waals surface area contributed by atoms with Gasteiger partial charge in [-0.25, -0.2) is 0 Å². The second kappa shape index (κ2) is 5.69. The number of pyridine rings is 1. The molecule has 1 saturated carbocycles. The first kappa shape index (κ1) is 13.8. The monoisotopic (exact) mass is 340 g/mol. The summed E-state index contributed by atoms with van der Waals surface area (Å²) in [6, 6.07) is 1.77. The van der Waals surface area contributed by atoms with Crippen molar-refractivity contribution < 1.29 is 9.53 Å². The van der Waals surface area contributed by atoms with Crippen LogP contribution in [0.1, 0.15) is 36.0 Å². The van der Waals surface area contributed by atoms with Crippen molar-refractivity contribution in [3.63, 3.8) is 0 Å². The lowest BCUT2D eigenvalue weighted by Gasteiger charge is -2.43. The largest absolute Gasteiger partial charge is 0.374 e. The van der Waals surface area contributed by atoms with E-state index < -0.39 is 0 Å². The molecule has 1 amide bonds. The van der Waals surface area contributed by atoms with E-state index in [2.05, 4.69) is 20.9 Å². The molecule has 0 aromatic carbocycles. The number of nitrogens with zero attached hydrogens (tertiary/aromatic N) is 1. The number of aromatic nitrogens is 1. The Bertz CT molecular complexity index is 570. The third-order valence-electron chi connectivity index (χ3n) is 4.10. The van der Waals surface area contributed by atoms with Gasteiger partial charge in [-0.05, 0) is 34.8 Å². The van der Waals surface area contributed by atoms with E-state index in [9.17, 15) is 9.59 Å². The maximum absolute atomic E-state index is 12.6. The van der Waals surface area contributed by atoms with Crippen LogP contribution >= 0.6 is 15.9 Å². The van der Waals surface area contributed by atoms with Gasteiger partial charge in [0.15, 0.2) is 0 Å². The number of amides is 1. The zero-order valence-electron chi connectivity index (χ0n) is 11.1. The summed E-state index contributed by atoms with van der Waals surface area (Å²) in [5.74, 6) is -0.0258. The Balaban J connectivity index is 1.84. The molecule has 0 unspecified atom stereocenters. The molecule has 0 radical (unpaired) electrons. The molecule has 1 aliphatic carbocycles. The Morgan fingerprint density at radius 1 is 1.40 bits per heavy atom. The third-order valence-corrected chi connectivity index (χ3v) is 4.69. The maximum atomic E-state index is 12.6. The number of nitrogens with one attached hydrogen (secondary N) is 1. The number of carbonyl (C=O) groups is 1. The number of ether oxygens (including phenoxy) is 1.